The Kier molecular flexibility index (Phi) is 6.28. The van der Waals surface area contributed by atoms with E-state index in [1.165, 1.54) is 4.68 Å². The molecule has 0 bridgehead atoms. The highest BCUT2D eigenvalue weighted by molar-refractivity contribution is 5.91. The molecule has 0 spiro atoms. The highest BCUT2D eigenvalue weighted by Gasteiger charge is 2.27. The number of piperidine rings is 1. The smallest absolute Gasteiger partial charge is 0.345 e. The van der Waals surface area contributed by atoms with Gasteiger partial charge in [0.15, 0.2) is 0 Å². The van der Waals surface area contributed by atoms with Crippen LogP contribution < -0.4 is 5.69 Å². The minimum absolute atomic E-state index is 0.0247. The van der Waals surface area contributed by atoms with E-state index in [0.717, 1.165) is 18.7 Å². The predicted molar refractivity (Wildman–Crippen MR) is 100 cm³/mol. The van der Waals surface area contributed by atoms with E-state index in [2.05, 4.69) is 5.10 Å². The van der Waals surface area contributed by atoms with Crippen molar-refractivity contribution in [2.75, 3.05) is 26.8 Å². The molecule has 0 radical (unpaired) electrons. The number of hydrogen-bond donors (Lipinski definition) is 0. The van der Waals surface area contributed by atoms with Crippen molar-refractivity contribution in [3.05, 3.63) is 46.5 Å². The Morgan fingerprint density at radius 2 is 2.19 bits per heavy atom. The maximum atomic E-state index is 12.5. The molecular formula is C19H26N4O4. The molecule has 0 N–H and O–H groups in total. The number of furan rings is 1. The van der Waals surface area contributed by atoms with Crippen LogP contribution in [-0.4, -0.2) is 52.0 Å². The summed E-state index contributed by atoms with van der Waals surface area (Å²) in [7, 11) is 1.61. The van der Waals surface area contributed by atoms with Gasteiger partial charge in [0, 0.05) is 38.7 Å². The molecule has 8 nitrogen and oxygen atoms in total. The fourth-order valence-corrected chi connectivity index (χ4v) is 3.38. The second-order valence-electron chi connectivity index (χ2n) is 6.55. The molecule has 0 aromatic carbocycles. The zero-order valence-electron chi connectivity index (χ0n) is 15.8. The average Bonchev–Trinajstić information content (AvgIpc) is 3.32. The van der Waals surface area contributed by atoms with E-state index in [4.69, 9.17) is 9.15 Å². The number of hydrogen-bond acceptors (Lipinski definition) is 5. The predicted octanol–water partition coefficient (Wildman–Crippen LogP) is 1.72. The van der Waals surface area contributed by atoms with Crippen molar-refractivity contribution < 1.29 is 13.9 Å². The standard InChI is InChI=1S/C19H26N4O4/c1-3-22-18(20-23(19(22)25)12-14-26-2)15-8-10-21(11-9-15)17(24)7-6-16-5-4-13-27-16/h4-7,13,15H,3,8-12,14H2,1-2H3/b7-6+. The van der Waals surface area contributed by atoms with Crippen LogP contribution in [0.3, 0.4) is 0 Å². The van der Waals surface area contributed by atoms with Crippen molar-refractivity contribution in [1.29, 1.82) is 0 Å². The first-order valence-corrected chi connectivity index (χ1v) is 9.31. The van der Waals surface area contributed by atoms with Gasteiger partial charge in [0.1, 0.15) is 11.6 Å². The first-order valence-electron chi connectivity index (χ1n) is 9.31. The summed E-state index contributed by atoms with van der Waals surface area (Å²) in [5, 5.41) is 4.54. The van der Waals surface area contributed by atoms with Crippen molar-refractivity contribution in [3.8, 4) is 0 Å². The highest BCUT2D eigenvalue weighted by atomic mass is 16.5. The van der Waals surface area contributed by atoms with Crippen LogP contribution in [0.5, 0.6) is 0 Å². The number of ether oxygens (including phenoxy) is 1. The molecule has 1 saturated heterocycles. The van der Waals surface area contributed by atoms with Crippen LogP contribution >= 0.6 is 0 Å². The summed E-state index contributed by atoms with van der Waals surface area (Å²) in [6.45, 7) is 4.74. The minimum Gasteiger partial charge on any atom is -0.465 e. The lowest BCUT2D eigenvalue weighted by Gasteiger charge is -2.30. The Morgan fingerprint density at radius 1 is 1.41 bits per heavy atom. The van der Waals surface area contributed by atoms with Crippen LogP contribution in [0.25, 0.3) is 6.08 Å². The van der Waals surface area contributed by atoms with Crippen LogP contribution in [0.4, 0.5) is 0 Å². The van der Waals surface area contributed by atoms with Crippen molar-refractivity contribution in [3.63, 3.8) is 0 Å². The quantitative estimate of drug-likeness (QED) is 0.689. The number of amides is 1. The Labute approximate surface area is 158 Å². The summed E-state index contributed by atoms with van der Waals surface area (Å²) in [6, 6.07) is 3.59. The zero-order chi connectivity index (χ0) is 19.2. The van der Waals surface area contributed by atoms with Gasteiger partial charge in [0.2, 0.25) is 5.91 Å². The maximum Gasteiger partial charge on any atom is 0.345 e. The Morgan fingerprint density at radius 3 is 2.81 bits per heavy atom. The molecule has 27 heavy (non-hydrogen) atoms. The van der Waals surface area contributed by atoms with E-state index in [1.807, 2.05) is 11.8 Å². The van der Waals surface area contributed by atoms with Crippen LogP contribution in [-0.2, 0) is 22.6 Å². The van der Waals surface area contributed by atoms with Crippen LogP contribution in [0.15, 0.2) is 33.7 Å². The molecule has 0 aliphatic carbocycles. The van der Waals surface area contributed by atoms with Gasteiger partial charge < -0.3 is 14.1 Å². The summed E-state index contributed by atoms with van der Waals surface area (Å²) in [6.07, 6.45) is 6.39. The Bertz CT molecular complexity index is 827. The first kappa shape index (κ1) is 19.2. The highest BCUT2D eigenvalue weighted by Crippen LogP contribution is 2.26. The van der Waals surface area contributed by atoms with E-state index >= 15 is 0 Å². The maximum absolute atomic E-state index is 12.5. The number of rotatable bonds is 7. The normalized spacial score (nSPS) is 15.7. The Hall–Kier alpha value is -2.61. The van der Waals surface area contributed by atoms with Gasteiger partial charge in [-0.2, -0.15) is 5.10 Å². The number of aromatic nitrogens is 3. The summed E-state index contributed by atoms with van der Waals surface area (Å²) < 4.78 is 13.5. The fraction of sp³-hybridized carbons (Fsp3) is 0.526. The third-order valence-corrected chi connectivity index (χ3v) is 4.88. The van der Waals surface area contributed by atoms with E-state index in [1.54, 1.807) is 42.2 Å². The van der Waals surface area contributed by atoms with Gasteiger partial charge in [-0.3, -0.25) is 9.36 Å². The van der Waals surface area contributed by atoms with Crippen molar-refractivity contribution in [2.45, 2.75) is 38.8 Å². The number of nitrogens with zero attached hydrogens (tertiary/aromatic N) is 4. The molecule has 1 fully saturated rings. The van der Waals surface area contributed by atoms with Crippen LogP contribution in [0.2, 0.25) is 0 Å². The number of carbonyl (C=O) groups is 1. The fourth-order valence-electron chi connectivity index (χ4n) is 3.38. The van der Waals surface area contributed by atoms with Crippen molar-refractivity contribution in [1.82, 2.24) is 19.2 Å². The lowest BCUT2D eigenvalue weighted by molar-refractivity contribution is -0.127. The summed E-state index contributed by atoms with van der Waals surface area (Å²) in [4.78, 5) is 26.6. The molecule has 3 heterocycles. The molecule has 3 rings (SSSR count). The van der Waals surface area contributed by atoms with Gasteiger partial charge in [-0.05, 0) is 38.0 Å². The van der Waals surface area contributed by atoms with Gasteiger partial charge in [-0.1, -0.05) is 0 Å². The number of methoxy groups -OCH3 is 1. The third-order valence-electron chi connectivity index (χ3n) is 4.88. The molecule has 146 valence electrons. The summed E-state index contributed by atoms with van der Waals surface area (Å²) in [5.41, 5.74) is -0.0931. The molecule has 0 atom stereocenters. The van der Waals surface area contributed by atoms with Crippen molar-refractivity contribution >= 4 is 12.0 Å². The first-order chi connectivity index (χ1) is 13.1. The molecule has 8 heteroatoms. The molecule has 2 aromatic rings. The SMILES string of the molecule is CCn1c(C2CCN(C(=O)/C=C/c3ccco3)CC2)nn(CCOC)c1=O. The van der Waals surface area contributed by atoms with Gasteiger partial charge in [-0.15, -0.1) is 0 Å². The van der Waals surface area contributed by atoms with Crippen LogP contribution in [0, 0.1) is 0 Å². The largest absolute Gasteiger partial charge is 0.465 e. The molecular weight excluding hydrogens is 348 g/mol. The minimum atomic E-state index is -0.0931. The van der Waals surface area contributed by atoms with Gasteiger partial charge in [0.05, 0.1) is 19.4 Å². The summed E-state index contributed by atoms with van der Waals surface area (Å²) in [5.74, 6) is 1.63. The lowest BCUT2D eigenvalue weighted by Crippen LogP contribution is -2.37. The van der Waals surface area contributed by atoms with Crippen LogP contribution in [0.1, 0.15) is 37.3 Å². The average molecular weight is 374 g/mol. The lowest BCUT2D eigenvalue weighted by atomic mass is 9.96. The van der Waals surface area contributed by atoms with E-state index in [9.17, 15) is 9.59 Å². The zero-order valence-corrected chi connectivity index (χ0v) is 15.8. The third kappa shape index (κ3) is 4.39. The summed E-state index contributed by atoms with van der Waals surface area (Å²) >= 11 is 0. The second-order valence-corrected chi connectivity index (χ2v) is 6.55. The van der Waals surface area contributed by atoms with E-state index in [-0.39, 0.29) is 17.5 Å². The molecule has 1 aliphatic heterocycles. The van der Waals surface area contributed by atoms with Gasteiger partial charge in [-0.25, -0.2) is 9.48 Å². The van der Waals surface area contributed by atoms with E-state index in [0.29, 0.717) is 38.5 Å². The Balaban J connectivity index is 1.63. The number of carbonyl (C=O) groups excluding carboxylic acids is 1. The van der Waals surface area contributed by atoms with Crippen molar-refractivity contribution in [2.24, 2.45) is 0 Å². The molecule has 2 aromatic heterocycles. The second kappa shape index (κ2) is 8.85. The van der Waals surface area contributed by atoms with Gasteiger partial charge >= 0.3 is 5.69 Å². The van der Waals surface area contributed by atoms with Gasteiger partial charge in [0.25, 0.3) is 0 Å². The monoisotopic (exact) mass is 374 g/mol. The topological polar surface area (TPSA) is 82.5 Å². The molecule has 0 unspecified atom stereocenters. The molecule has 0 saturated carbocycles. The van der Waals surface area contributed by atoms with E-state index < -0.39 is 0 Å². The molecule has 1 aliphatic rings. The number of likely N-dealkylation sites (tertiary alicyclic amines) is 1. The molecule has 1 amide bonds.